The SMILES string of the molecule is CN1CCC/C1=N\C(=O)Nc1ccccc1Cl. The number of nitrogens with zero attached hydrogens (tertiary/aromatic N) is 2. The number of anilines is 1. The number of para-hydroxylation sites is 1. The normalized spacial score (nSPS) is 17.5. The number of hydrogen-bond acceptors (Lipinski definition) is 1. The number of carbonyl (C=O) groups is 1. The van der Waals surface area contributed by atoms with Gasteiger partial charge in [0, 0.05) is 20.0 Å². The van der Waals surface area contributed by atoms with Crippen molar-refractivity contribution >= 4 is 29.2 Å². The van der Waals surface area contributed by atoms with Gasteiger partial charge in [0.25, 0.3) is 0 Å². The molecule has 1 aromatic rings. The van der Waals surface area contributed by atoms with Crippen molar-refractivity contribution in [3.8, 4) is 0 Å². The lowest BCUT2D eigenvalue weighted by Crippen LogP contribution is -2.21. The minimum absolute atomic E-state index is 0.373. The molecule has 5 heteroatoms. The molecule has 17 heavy (non-hydrogen) atoms. The maximum absolute atomic E-state index is 11.7. The van der Waals surface area contributed by atoms with Crippen LogP contribution in [-0.2, 0) is 0 Å². The zero-order valence-electron chi connectivity index (χ0n) is 9.61. The number of amidine groups is 1. The van der Waals surface area contributed by atoms with Gasteiger partial charge in [-0.15, -0.1) is 0 Å². The molecule has 1 aliphatic rings. The summed E-state index contributed by atoms with van der Waals surface area (Å²) in [6, 6.07) is 6.73. The highest BCUT2D eigenvalue weighted by Crippen LogP contribution is 2.20. The van der Waals surface area contributed by atoms with Crippen molar-refractivity contribution in [1.29, 1.82) is 0 Å². The van der Waals surface area contributed by atoms with Crippen LogP contribution in [0.2, 0.25) is 5.02 Å². The van der Waals surface area contributed by atoms with Gasteiger partial charge in [-0.2, -0.15) is 4.99 Å². The van der Waals surface area contributed by atoms with Gasteiger partial charge in [0.05, 0.1) is 10.7 Å². The van der Waals surface area contributed by atoms with Gasteiger partial charge in [-0.25, -0.2) is 4.79 Å². The number of benzene rings is 1. The van der Waals surface area contributed by atoms with E-state index < -0.39 is 0 Å². The fourth-order valence-electron chi connectivity index (χ4n) is 1.76. The molecule has 0 atom stereocenters. The number of amides is 2. The topological polar surface area (TPSA) is 44.7 Å². The van der Waals surface area contributed by atoms with Gasteiger partial charge in [0.1, 0.15) is 5.84 Å². The first-order valence-electron chi connectivity index (χ1n) is 5.51. The van der Waals surface area contributed by atoms with E-state index in [4.69, 9.17) is 11.6 Å². The second-order valence-corrected chi connectivity index (χ2v) is 4.37. The molecule has 4 nitrogen and oxygen atoms in total. The Morgan fingerprint density at radius 1 is 1.47 bits per heavy atom. The number of aliphatic imine (C=N–C) groups is 1. The molecule has 0 unspecified atom stereocenters. The Hall–Kier alpha value is -1.55. The van der Waals surface area contributed by atoms with Crippen molar-refractivity contribution in [3.05, 3.63) is 29.3 Å². The van der Waals surface area contributed by atoms with Crippen LogP contribution in [0, 0.1) is 0 Å². The first-order chi connectivity index (χ1) is 8.16. The molecule has 1 fully saturated rings. The lowest BCUT2D eigenvalue weighted by molar-refractivity contribution is 0.259. The molecule has 0 saturated carbocycles. The predicted molar refractivity (Wildman–Crippen MR) is 69.8 cm³/mol. The molecule has 1 aliphatic heterocycles. The number of halogens is 1. The number of urea groups is 1. The van der Waals surface area contributed by atoms with Crippen LogP contribution in [0.25, 0.3) is 0 Å². The van der Waals surface area contributed by atoms with Gasteiger partial charge in [-0.05, 0) is 18.6 Å². The van der Waals surface area contributed by atoms with Crippen LogP contribution < -0.4 is 5.32 Å². The summed E-state index contributed by atoms with van der Waals surface area (Å²) < 4.78 is 0. The molecule has 0 bridgehead atoms. The maximum atomic E-state index is 11.7. The third kappa shape index (κ3) is 2.97. The van der Waals surface area contributed by atoms with E-state index in [1.807, 2.05) is 24.1 Å². The van der Waals surface area contributed by atoms with Crippen molar-refractivity contribution in [2.24, 2.45) is 4.99 Å². The summed E-state index contributed by atoms with van der Waals surface area (Å²) in [5.74, 6) is 0.828. The average molecular weight is 252 g/mol. The monoisotopic (exact) mass is 251 g/mol. The molecule has 0 aliphatic carbocycles. The summed E-state index contributed by atoms with van der Waals surface area (Å²) in [6.45, 7) is 0.957. The van der Waals surface area contributed by atoms with E-state index in [9.17, 15) is 4.79 Å². The molecule has 0 aromatic heterocycles. The Bertz CT molecular complexity index is 459. The molecule has 1 saturated heterocycles. The lowest BCUT2D eigenvalue weighted by Gasteiger charge is -2.10. The van der Waals surface area contributed by atoms with Crippen LogP contribution >= 0.6 is 11.6 Å². The molecular formula is C12H14ClN3O. The Morgan fingerprint density at radius 3 is 2.88 bits per heavy atom. The zero-order chi connectivity index (χ0) is 12.3. The molecule has 0 radical (unpaired) electrons. The van der Waals surface area contributed by atoms with Crippen LogP contribution in [0.5, 0.6) is 0 Å². The van der Waals surface area contributed by atoms with Gasteiger partial charge < -0.3 is 10.2 Å². The largest absolute Gasteiger partial charge is 0.363 e. The fraction of sp³-hybridized carbons (Fsp3) is 0.333. The minimum atomic E-state index is -0.373. The van der Waals surface area contributed by atoms with Crippen molar-refractivity contribution in [2.75, 3.05) is 18.9 Å². The predicted octanol–water partition coefficient (Wildman–Crippen LogP) is 3.00. The number of hydrogen-bond donors (Lipinski definition) is 1. The van der Waals surface area contributed by atoms with Gasteiger partial charge in [0.2, 0.25) is 0 Å². The smallest absolute Gasteiger partial charge is 0.347 e. The Labute approximate surface area is 105 Å². The molecule has 0 spiro atoms. The van der Waals surface area contributed by atoms with Crippen LogP contribution in [-0.4, -0.2) is 30.4 Å². The first kappa shape index (κ1) is 11.9. The van der Waals surface area contributed by atoms with E-state index in [2.05, 4.69) is 10.3 Å². The summed E-state index contributed by atoms with van der Waals surface area (Å²) in [7, 11) is 1.94. The molecule has 1 N–H and O–H groups in total. The average Bonchev–Trinajstić information content (AvgIpc) is 2.68. The lowest BCUT2D eigenvalue weighted by atomic mass is 10.3. The van der Waals surface area contributed by atoms with Gasteiger partial charge in [0.15, 0.2) is 0 Å². The van der Waals surface area contributed by atoms with Crippen LogP contribution in [0.4, 0.5) is 10.5 Å². The maximum Gasteiger partial charge on any atom is 0.347 e. The van der Waals surface area contributed by atoms with E-state index in [1.54, 1.807) is 12.1 Å². The van der Waals surface area contributed by atoms with E-state index in [-0.39, 0.29) is 6.03 Å². The number of rotatable bonds is 1. The van der Waals surface area contributed by atoms with Crippen molar-refractivity contribution in [3.63, 3.8) is 0 Å². The van der Waals surface area contributed by atoms with Crippen LogP contribution in [0.3, 0.4) is 0 Å². The quantitative estimate of drug-likeness (QED) is 0.834. The van der Waals surface area contributed by atoms with Gasteiger partial charge in [-0.1, -0.05) is 23.7 Å². The highest BCUT2D eigenvalue weighted by molar-refractivity contribution is 6.33. The number of likely N-dealkylation sites (tertiary alicyclic amines) is 1. The molecule has 2 amide bonds. The van der Waals surface area contributed by atoms with Crippen molar-refractivity contribution in [2.45, 2.75) is 12.8 Å². The third-order valence-electron chi connectivity index (χ3n) is 2.68. The summed E-state index contributed by atoms with van der Waals surface area (Å²) >= 11 is 5.94. The summed E-state index contributed by atoms with van der Waals surface area (Å²) in [5.41, 5.74) is 0.587. The van der Waals surface area contributed by atoms with Crippen LogP contribution in [0.15, 0.2) is 29.3 Å². The number of carbonyl (C=O) groups excluding carboxylic acids is 1. The van der Waals surface area contributed by atoms with Crippen LogP contribution in [0.1, 0.15) is 12.8 Å². The van der Waals surface area contributed by atoms with E-state index >= 15 is 0 Å². The molecule has 90 valence electrons. The standard InChI is InChI=1S/C12H14ClN3O/c1-16-8-4-7-11(16)15-12(17)14-10-6-3-2-5-9(10)13/h2-3,5-6H,4,7-8H2,1H3,(H,14,17)/b15-11+. The zero-order valence-corrected chi connectivity index (χ0v) is 10.4. The van der Waals surface area contributed by atoms with Gasteiger partial charge in [-0.3, -0.25) is 0 Å². The van der Waals surface area contributed by atoms with E-state index in [0.717, 1.165) is 25.2 Å². The second kappa shape index (κ2) is 5.19. The summed E-state index contributed by atoms with van der Waals surface area (Å²) in [5, 5.41) is 3.19. The molecule has 1 heterocycles. The second-order valence-electron chi connectivity index (χ2n) is 3.96. The van der Waals surface area contributed by atoms with E-state index in [1.165, 1.54) is 0 Å². The minimum Gasteiger partial charge on any atom is -0.363 e. The van der Waals surface area contributed by atoms with Crippen molar-refractivity contribution in [1.82, 2.24) is 4.90 Å². The van der Waals surface area contributed by atoms with E-state index in [0.29, 0.717) is 10.7 Å². The third-order valence-corrected chi connectivity index (χ3v) is 3.01. The number of nitrogens with one attached hydrogen (secondary N) is 1. The van der Waals surface area contributed by atoms with Gasteiger partial charge >= 0.3 is 6.03 Å². The molecule has 1 aromatic carbocycles. The molecule has 2 rings (SSSR count). The first-order valence-corrected chi connectivity index (χ1v) is 5.89. The Morgan fingerprint density at radius 2 is 2.24 bits per heavy atom. The summed E-state index contributed by atoms with van der Waals surface area (Å²) in [6.07, 6.45) is 1.90. The highest BCUT2D eigenvalue weighted by atomic mass is 35.5. The Kier molecular flexibility index (Phi) is 3.64. The fourth-order valence-corrected chi connectivity index (χ4v) is 1.94. The highest BCUT2D eigenvalue weighted by Gasteiger charge is 2.15. The Balaban J connectivity index is 2.05. The molecular weight excluding hydrogens is 238 g/mol. The van der Waals surface area contributed by atoms with Crippen molar-refractivity contribution < 1.29 is 4.79 Å². The summed E-state index contributed by atoms with van der Waals surface area (Å²) in [4.78, 5) is 17.7.